The molecule has 0 radical (unpaired) electrons. The average molecular weight is 495 g/mol. The maximum atomic E-state index is 11.9. The number of carbonyl (C=O) groups excluding carboxylic acids is 2. The summed E-state index contributed by atoms with van der Waals surface area (Å²) in [5, 5.41) is 6.41. The van der Waals surface area contributed by atoms with E-state index < -0.39 is 5.91 Å². The highest BCUT2D eigenvalue weighted by atomic mass is 127. The van der Waals surface area contributed by atoms with Gasteiger partial charge in [0.2, 0.25) is 5.91 Å². The standard InChI is InChI=1S/C20H25N5O2.HI/c1-22-20(24-13-15-5-4-6-17(11-15)18(21)26)23-12-14-7-9-16(10-8-14)19(27)25(2)3;/h4-11H,12-13H2,1-3H3,(H2,21,26)(H2,22,23,24);1H. The van der Waals surface area contributed by atoms with Gasteiger partial charge in [0.1, 0.15) is 0 Å². The minimum absolute atomic E-state index is 0. The number of rotatable bonds is 6. The van der Waals surface area contributed by atoms with Crippen LogP contribution in [0, 0.1) is 0 Å². The lowest BCUT2D eigenvalue weighted by molar-refractivity contribution is 0.0827. The second-order valence-electron chi connectivity index (χ2n) is 6.24. The van der Waals surface area contributed by atoms with E-state index in [9.17, 15) is 9.59 Å². The summed E-state index contributed by atoms with van der Waals surface area (Å²) < 4.78 is 0. The number of primary amides is 1. The Morgan fingerprint density at radius 2 is 1.57 bits per heavy atom. The van der Waals surface area contributed by atoms with Crippen molar-refractivity contribution in [2.75, 3.05) is 21.1 Å². The zero-order valence-corrected chi connectivity index (χ0v) is 18.6. The van der Waals surface area contributed by atoms with Crippen LogP contribution < -0.4 is 16.4 Å². The Balaban J connectivity index is 0.00000392. The van der Waals surface area contributed by atoms with Gasteiger partial charge in [0, 0.05) is 45.4 Å². The van der Waals surface area contributed by atoms with Crippen LogP contribution in [0.2, 0.25) is 0 Å². The lowest BCUT2D eigenvalue weighted by Crippen LogP contribution is -2.36. The zero-order chi connectivity index (χ0) is 19.8. The van der Waals surface area contributed by atoms with Crippen molar-refractivity contribution >= 4 is 41.8 Å². The van der Waals surface area contributed by atoms with Crippen molar-refractivity contribution in [2.24, 2.45) is 10.7 Å². The second-order valence-corrected chi connectivity index (χ2v) is 6.24. The first-order valence-electron chi connectivity index (χ1n) is 8.54. The fourth-order valence-corrected chi connectivity index (χ4v) is 2.45. The Hall–Kier alpha value is -2.62. The van der Waals surface area contributed by atoms with Crippen LogP contribution >= 0.6 is 24.0 Å². The Kier molecular flexibility index (Phi) is 9.43. The third kappa shape index (κ3) is 6.84. The molecule has 8 heteroatoms. The molecule has 150 valence electrons. The molecule has 0 atom stereocenters. The number of amides is 2. The predicted molar refractivity (Wildman–Crippen MR) is 122 cm³/mol. The van der Waals surface area contributed by atoms with Crippen LogP contribution in [-0.4, -0.2) is 43.8 Å². The largest absolute Gasteiger partial charge is 0.366 e. The molecule has 4 N–H and O–H groups in total. The van der Waals surface area contributed by atoms with Crippen LogP contribution in [-0.2, 0) is 13.1 Å². The molecular weight excluding hydrogens is 469 g/mol. The number of halogens is 1. The van der Waals surface area contributed by atoms with Crippen molar-refractivity contribution in [3.63, 3.8) is 0 Å². The van der Waals surface area contributed by atoms with Gasteiger partial charge in [-0.15, -0.1) is 24.0 Å². The Morgan fingerprint density at radius 3 is 2.11 bits per heavy atom. The fraction of sp³-hybridized carbons (Fsp3) is 0.250. The van der Waals surface area contributed by atoms with Gasteiger partial charge in [-0.1, -0.05) is 24.3 Å². The van der Waals surface area contributed by atoms with E-state index in [1.54, 1.807) is 44.2 Å². The summed E-state index contributed by atoms with van der Waals surface area (Å²) in [4.78, 5) is 28.9. The molecule has 2 aromatic carbocycles. The van der Waals surface area contributed by atoms with Gasteiger partial charge in [0.15, 0.2) is 5.96 Å². The first kappa shape index (κ1) is 23.4. The summed E-state index contributed by atoms with van der Waals surface area (Å²) in [7, 11) is 5.15. The van der Waals surface area contributed by atoms with Gasteiger partial charge in [-0.25, -0.2) is 0 Å². The zero-order valence-electron chi connectivity index (χ0n) is 16.2. The van der Waals surface area contributed by atoms with Crippen LogP contribution in [0.3, 0.4) is 0 Å². The number of carbonyl (C=O) groups is 2. The summed E-state index contributed by atoms with van der Waals surface area (Å²) in [6.45, 7) is 1.08. The minimum atomic E-state index is -0.449. The summed E-state index contributed by atoms with van der Waals surface area (Å²) in [5.74, 6) is 0.161. The van der Waals surface area contributed by atoms with Crippen LogP contribution in [0.15, 0.2) is 53.5 Å². The van der Waals surface area contributed by atoms with Gasteiger partial charge < -0.3 is 21.3 Å². The lowest BCUT2D eigenvalue weighted by atomic mass is 10.1. The molecule has 0 heterocycles. The molecule has 0 aliphatic rings. The second kappa shape index (κ2) is 11.3. The van der Waals surface area contributed by atoms with E-state index in [0.717, 1.165) is 11.1 Å². The molecule has 0 aliphatic heterocycles. The van der Waals surface area contributed by atoms with Crippen LogP contribution in [0.25, 0.3) is 0 Å². The molecule has 0 fully saturated rings. The molecular formula is C20H26IN5O2. The maximum absolute atomic E-state index is 11.9. The van der Waals surface area contributed by atoms with Crippen molar-refractivity contribution in [2.45, 2.75) is 13.1 Å². The van der Waals surface area contributed by atoms with Gasteiger partial charge in [0.05, 0.1) is 0 Å². The summed E-state index contributed by atoms with van der Waals surface area (Å²) in [6.07, 6.45) is 0. The highest BCUT2D eigenvalue weighted by Crippen LogP contribution is 2.07. The number of guanidine groups is 1. The molecule has 28 heavy (non-hydrogen) atoms. The number of nitrogens with two attached hydrogens (primary N) is 1. The van der Waals surface area contributed by atoms with E-state index in [0.29, 0.717) is 30.2 Å². The molecule has 0 bridgehead atoms. The highest BCUT2D eigenvalue weighted by molar-refractivity contribution is 14.0. The van der Waals surface area contributed by atoms with Crippen molar-refractivity contribution in [1.29, 1.82) is 0 Å². The maximum Gasteiger partial charge on any atom is 0.253 e. The Morgan fingerprint density at radius 1 is 0.964 bits per heavy atom. The summed E-state index contributed by atoms with van der Waals surface area (Å²) in [5.41, 5.74) is 8.40. The van der Waals surface area contributed by atoms with Gasteiger partial charge in [0.25, 0.3) is 5.91 Å². The Bertz CT molecular complexity index is 835. The molecule has 7 nitrogen and oxygen atoms in total. The highest BCUT2D eigenvalue weighted by Gasteiger charge is 2.07. The van der Waals surface area contributed by atoms with Crippen molar-refractivity contribution < 1.29 is 9.59 Å². The molecule has 0 aromatic heterocycles. The topological polar surface area (TPSA) is 99.8 Å². The first-order chi connectivity index (χ1) is 12.9. The summed E-state index contributed by atoms with van der Waals surface area (Å²) >= 11 is 0. The van der Waals surface area contributed by atoms with Gasteiger partial charge >= 0.3 is 0 Å². The van der Waals surface area contributed by atoms with Crippen molar-refractivity contribution in [3.05, 3.63) is 70.8 Å². The van der Waals surface area contributed by atoms with E-state index >= 15 is 0 Å². The normalized spacial score (nSPS) is 10.6. The molecule has 0 spiro atoms. The third-order valence-corrected chi connectivity index (χ3v) is 3.96. The van der Waals surface area contributed by atoms with E-state index in [2.05, 4.69) is 15.6 Å². The Labute approximate surface area is 182 Å². The van der Waals surface area contributed by atoms with Crippen molar-refractivity contribution in [1.82, 2.24) is 15.5 Å². The SMILES string of the molecule is CN=C(NCc1ccc(C(=O)N(C)C)cc1)NCc1cccc(C(N)=O)c1.I. The van der Waals surface area contributed by atoms with Gasteiger partial charge in [-0.2, -0.15) is 0 Å². The molecule has 2 amide bonds. The number of hydrogen-bond donors (Lipinski definition) is 3. The number of nitrogens with one attached hydrogen (secondary N) is 2. The molecule has 0 aliphatic carbocycles. The minimum Gasteiger partial charge on any atom is -0.366 e. The number of aliphatic imine (C=N–C) groups is 1. The van der Waals surface area contributed by atoms with Gasteiger partial charge in [-0.3, -0.25) is 14.6 Å². The smallest absolute Gasteiger partial charge is 0.253 e. The monoisotopic (exact) mass is 495 g/mol. The molecule has 0 saturated carbocycles. The van der Waals surface area contributed by atoms with Crippen LogP contribution in [0.1, 0.15) is 31.8 Å². The number of benzene rings is 2. The van der Waals surface area contributed by atoms with E-state index in [1.165, 1.54) is 0 Å². The average Bonchev–Trinajstić information content (AvgIpc) is 2.68. The fourth-order valence-electron chi connectivity index (χ4n) is 2.45. The summed E-state index contributed by atoms with van der Waals surface area (Å²) in [6, 6.07) is 14.6. The third-order valence-electron chi connectivity index (χ3n) is 3.96. The molecule has 0 saturated heterocycles. The first-order valence-corrected chi connectivity index (χ1v) is 8.54. The van der Waals surface area contributed by atoms with Crippen molar-refractivity contribution in [3.8, 4) is 0 Å². The van der Waals surface area contributed by atoms with Gasteiger partial charge in [-0.05, 0) is 35.4 Å². The van der Waals surface area contributed by atoms with E-state index in [-0.39, 0.29) is 29.9 Å². The number of nitrogens with zero attached hydrogens (tertiary/aromatic N) is 2. The molecule has 2 rings (SSSR count). The molecule has 0 unspecified atom stereocenters. The van der Waals surface area contributed by atoms with E-state index in [1.807, 2.05) is 30.3 Å². The molecule has 2 aromatic rings. The quantitative estimate of drug-likeness (QED) is 0.324. The predicted octanol–water partition coefficient (Wildman–Crippen LogP) is 1.97. The van der Waals surface area contributed by atoms with E-state index in [4.69, 9.17) is 5.73 Å². The van der Waals surface area contributed by atoms with Crippen LogP contribution in [0.4, 0.5) is 0 Å². The van der Waals surface area contributed by atoms with Crippen LogP contribution in [0.5, 0.6) is 0 Å². The number of hydrogen-bond acceptors (Lipinski definition) is 3. The lowest BCUT2D eigenvalue weighted by Gasteiger charge is -2.13.